The SMILES string of the molecule is COC(=O)c1cc(OC)c2c(c1)nc(-c1cc3cccnc3n1CC1CC1)n2CC1CCNCC1. The molecule has 35 heavy (non-hydrogen) atoms. The highest BCUT2D eigenvalue weighted by Gasteiger charge is 2.28. The Bertz CT molecular complexity index is 1400. The molecule has 0 atom stereocenters. The van der Waals surface area contributed by atoms with E-state index in [4.69, 9.17) is 19.4 Å². The number of rotatable bonds is 7. The summed E-state index contributed by atoms with van der Waals surface area (Å²) >= 11 is 0. The maximum Gasteiger partial charge on any atom is 0.338 e. The topological polar surface area (TPSA) is 83.2 Å². The summed E-state index contributed by atoms with van der Waals surface area (Å²) in [6, 6.07) is 9.89. The van der Waals surface area contributed by atoms with Crippen LogP contribution in [0.3, 0.4) is 0 Å². The molecule has 1 saturated heterocycles. The van der Waals surface area contributed by atoms with Crippen molar-refractivity contribution in [2.24, 2.45) is 11.8 Å². The van der Waals surface area contributed by atoms with Gasteiger partial charge in [0.2, 0.25) is 0 Å². The van der Waals surface area contributed by atoms with Gasteiger partial charge in [-0.25, -0.2) is 14.8 Å². The third-order valence-corrected chi connectivity index (χ3v) is 7.37. The molecule has 182 valence electrons. The van der Waals surface area contributed by atoms with Crippen LogP contribution in [-0.2, 0) is 17.8 Å². The van der Waals surface area contributed by atoms with E-state index >= 15 is 0 Å². The smallest absolute Gasteiger partial charge is 0.338 e. The van der Waals surface area contributed by atoms with Crippen LogP contribution in [0.1, 0.15) is 36.0 Å². The molecule has 0 amide bonds. The summed E-state index contributed by atoms with van der Waals surface area (Å²) in [4.78, 5) is 22.2. The first-order valence-corrected chi connectivity index (χ1v) is 12.5. The predicted molar refractivity (Wildman–Crippen MR) is 135 cm³/mol. The molecule has 4 aromatic rings. The first kappa shape index (κ1) is 22.1. The van der Waals surface area contributed by atoms with E-state index in [9.17, 15) is 4.79 Å². The van der Waals surface area contributed by atoms with E-state index in [0.717, 1.165) is 72.6 Å². The number of carbonyl (C=O) groups is 1. The average Bonchev–Trinajstić information content (AvgIpc) is 3.55. The summed E-state index contributed by atoms with van der Waals surface area (Å²) in [7, 11) is 3.04. The Morgan fingerprint density at radius 2 is 1.83 bits per heavy atom. The number of fused-ring (bicyclic) bond motifs is 2. The molecule has 1 saturated carbocycles. The minimum atomic E-state index is -0.397. The van der Waals surface area contributed by atoms with Crippen LogP contribution in [0.4, 0.5) is 0 Å². The Balaban J connectivity index is 1.58. The van der Waals surface area contributed by atoms with Crippen molar-refractivity contribution in [3.05, 3.63) is 42.1 Å². The molecule has 1 aliphatic carbocycles. The largest absolute Gasteiger partial charge is 0.494 e. The Hall–Kier alpha value is -3.39. The second kappa shape index (κ2) is 9.00. The number of pyridine rings is 1. The van der Waals surface area contributed by atoms with Crippen molar-refractivity contribution in [1.82, 2.24) is 24.4 Å². The van der Waals surface area contributed by atoms with Gasteiger partial charge in [0.05, 0.1) is 31.0 Å². The van der Waals surface area contributed by atoms with E-state index in [1.54, 1.807) is 13.2 Å². The number of aromatic nitrogens is 4. The van der Waals surface area contributed by atoms with Crippen molar-refractivity contribution in [2.45, 2.75) is 38.8 Å². The van der Waals surface area contributed by atoms with Gasteiger partial charge in [0, 0.05) is 24.7 Å². The molecule has 0 bridgehead atoms. The van der Waals surface area contributed by atoms with Crippen LogP contribution < -0.4 is 10.1 Å². The van der Waals surface area contributed by atoms with E-state index in [1.165, 1.54) is 20.0 Å². The third-order valence-electron chi connectivity index (χ3n) is 7.37. The van der Waals surface area contributed by atoms with Gasteiger partial charge in [-0.3, -0.25) is 0 Å². The van der Waals surface area contributed by atoms with Crippen LogP contribution in [-0.4, -0.2) is 52.4 Å². The number of hydrogen-bond acceptors (Lipinski definition) is 6. The summed E-state index contributed by atoms with van der Waals surface area (Å²) < 4.78 is 15.4. The molecule has 1 N–H and O–H groups in total. The highest BCUT2D eigenvalue weighted by Crippen LogP contribution is 2.38. The standard InChI is InChI=1S/C27H31N5O3/c1-34-23-14-20(27(33)35-2)12-21-24(23)32(16-18-7-10-28-11-8-18)26(30-21)22-13-19-4-3-9-29-25(19)31(22)15-17-5-6-17/h3-4,9,12-14,17-18,28H,5-8,10-11,15-16H2,1-2H3. The highest BCUT2D eigenvalue weighted by molar-refractivity contribution is 5.97. The van der Waals surface area contributed by atoms with E-state index in [2.05, 4.69) is 26.6 Å². The van der Waals surface area contributed by atoms with Crippen molar-refractivity contribution in [2.75, 3.05) is 27.3 Å². The molecule has 1 aromatic carbocycles. The van der Waals surface area contributed by atoms with Gasteiger partial charge in [-0.15, -0.1) is 0 Å². The summed E-state index contributed by atoms with van der Waals surface area (Å²) in [5, 5.41) is 4.59. The fraction of sp³-hybridized carbons (Fsp3) is 0.444. The predicted octanol–water partition coefficient (Wildman–Crippen LogP) is 4.26. The maximum atomic E-state index is 12.4. The first-order valence-electron chi connectivity index (χ1n) is 12.5. The minimum Gasteiger partial charge on any atom is -0.494 e. The fourth-order valence-corrected chi connectivity index (χ4v) is 5.33. The molecule has 0 radical (unpaired) electrons. The summed E-state index contributed by atoms with van der Waals surface area (Å²) in [6.07, 6.45) is 6.61. The summed E-state index contributed by atoms with van der Waals surface area (Å²) in [5.74, 6) is 2.37. The molecule has 3 aromatic heterocycles. The third kappa shape index (κ3) is 4.05. The van der Waals surface area contributed by atoms with Crippen LogP contribution >= 0.6 is 0 Å². The normalized spacial score (nSPS) is 16.7. The zero-order valence-electron chi connectivity index (χ0n) is 20.3. The quantitative estimate of drug-likeness (QED) is 0.404. The Labute approximate surface area is 204 Å². The van der Waals surface area contributed by atoms with Crippen molar-refractivity contribution in [3.63, 3.8) is 0 Å². The molecule has 0 spiro atoms. The second-order valence-corrected chi connectivity index (χ2v) is 9.78. The van der Waals surface area contributed by atoms with E-state index in [1.807, 2.05) is 18.3 Å². The van der Waals surface area contributed by atoms with E-state index in [-0.39, 0.29) is 0 Å². The lowest BCUT2D eigenvalue weighted by Gasteiger charge is -2.24. The number of ether oxygens (including phenoxy) is 2. The van der Waals surface area contributed by atoms with Gasteiger partial charge in [-0.2, -0.15) is 0 Å². The lowest BCUT2D eigenvalue weighted by molar-refractivity contribution is 0.0600. The highest BCUT2D eigenvalue weighted by atomic mass is 16.5. The molecule has 2 aliphatic rings. The molecule has 6 rings (SSSR count). The van der Waals surface area contributed by atoms with Crippen LogP contribution in [0, 0.1) is 11.8 Å². The second-order valence-electron chi connectivity index (χ2n) is 9.78. The van der Waals surface area contributed by atoms with Crippen molar-refractivity contribution in [1.29, 1.82) is 0 Å². The number of piperidine rings is 1. The van der Waals surface area contributed by atoms with Crippen LogP contribution in [0.15, 0.2) is 36.5 Å². The number of nitrogens with one attached hydrogen (secondary N) is 1. The van der Waals surface area contributed by atoms with Crippen molar-refractivity contribution in [3.8, 4) is 17.3 Å². The molecule has 2 fully saturated rings. The zero-order valence-corrected chi connectivity index (χ0v) is 20.3. The molecule has 8 heteroatoms. The average molecular weight is 474 g/mol. The van der Waals surface area contributed by atoms with Crippen LogP contribution in [0.5, 0.6) is 5.75 Å². The molecular formula is C27H31N5O3. The van der Waals surface area contributed by atoms with Gasteiger partial charge >= 0.3 is 5.97 Å². The van der Waals surface area contributed by atoms with Crippen molar-refractivity contribution < 1.29 is 14.3 Å². The maximum absolute atomic E-state index is 12.4. The first-order chi connectivity index (χ1) is 17.2. The molecule has 1 aliphatic heterocycles. The Morgan fingerprint density at radius 1 is 1.06 bits per heavy atom. The molecule has 4 heterocycles. The van der Waals surface area contributed by atoms with Gasteiger partial charge in [0.15, 0.2) is 5.82 Å². The Kier molecular flexibility index (Phi) is 5.68. The van der Waals surface area contributed by atoms with Crippen LogP contribution in [0.25, 0.3) is 33.6 Å². The summed E-state index contributed by atoms with van der Waals surface area (Å²) in [5.41, 5.74) is 4.17. The lowest BCUT2D eigenvalue weighted by Crippen LogP contribution is -2.30. The van der Waals surface area contributed by atoms with Gasteiger partial charge in [-0.05, 0) is 80.9 Å². The number of nitrogens with zero attached hydrogens (tertiary/aromatic N) is 4. The Morgan fingerprint density at radius 3 is 2.57 bits per heavy atom. The van der Waals surface area contributed by atoms with Gasteiger partial charge in [0.1, 0.15) is 16.9 Å². The number of hydrogen-bond donors (Lipinski definition) is 1. The van der Waals surface area contributed by atoms with Gasteiger partial charge in [-0.1, -0.05) is 0 Å². The zero-order chi connectivity index (χ0) is 23.9. The molecule has 8 nitrogen and oxygen atoms in total. The van der Waals surface area contributed by atoms with E-state index < -0.39 is 5.97 Å². The van der Waals surface area contributed by atoms with E-state index in [0.29, 0.717) is 23.1 Å². The minimum absolute atomic E-state index is 0.397. The lowest BCUT2D eigenvalue weighted by atomic mass is 9.98. The molecule has 0 unspecified atom stereocenters. The fourth-order valence-electron chi connectivity index (χ4n) is 5.33. The van der Waals surface area contributed by atoms with Crippen LogP contribution in [0.2, 0.25) is 0 Å². The number of imidazole rings is 1. The number of esters is 1. The van der Waals surface area contributed by atoms with Gasteiger partial charge in [0.25, 0.3) is 0 Å². The van der Waals surface area contributed by atoms with Gasteiger partial charge < -0.3 is 23.9 Å². The van der Waals surface area contributed by atoms with Crippen molar-refractivity contribution >= 4 is 28.0 Å². The number of benzene rings is 1. The summed E-state index contributed by atoms with van der Waals surface area (Å²) in [6.45, 7) is 3.85. The monoisotopic (exact) mass is 473 g/mol. The number of carbonyl (C=O) groups excluding carboxylic acids is 1. The number of methoxy groups -OCH3 is 2. The molecular weight excluding hydrogens is 442 g/mol.